The van der Waals surface area contributed by atoms with Crippen LogP contribution in [-0.4, -0.2) is 19.1 Å². The Labute approximate surface area is 240 Å². The standard InChI is InChI=1S/C38H22N4/c1-4-13-33-24(8-1)25-9-2-5-14-34(25)41(33)23-16-17-36-30(20-23)26-10-3-6-15-35(26)42(36)37-21-29-28-18-19-39-32-12-7-11-27(38(28)32)31(29)22-40-37/h1-22H. The normalized spacial score (nSPS) is 12.3. The van der Waals surface area contributed by atoms with E-state index in [-0.39, 0.29) is 0 Å². The molecule has 5 aromatic carbocycles. The molecule has 0 amide bonds. The van der Waals surface area contributed by atoms with Crippen molar-refractivity contribution in [3.8, 4) is 33.8 Å². The van der Waals surface area contributed by atoms with E-state index in [1.165, 1.54) is 60.2 Å². The molecule has 0 saturated carbocycles. The Balaban J connectivity index is 1.24. The average molecular weight is 535 g/mol. The number of para-hydroxylation sites is 3. The first kappa shape index (κ1) is 22.0. The topological polar surface area (TPSA) is 35.6 Å². The van der Waals surface area contributed by atoms with Gasteiger partial charge in [0.05, 0.1) is 27.6 Å². The van der Waals surface area contributed by atoms with Gasteiger partial charge in [-0.3, -0.25) is 9.55 Å². The average Bonchev–Trinajstić information content (AvgIpc) is 3.68. The molecule has 0 aliphatic heterocycles. The van der Waals surface area contributed by atoms with E-state index in [1.807, 2.05) is 12.4 Å². The fraction of sp³-hybridized carbons (Fsp3) is 0. The maximum absolute atomic E-state index is 5.05. The molecule has 9 aromatic rings. The second-order valence-corrected chi connectivity index (χ2v) is 11.1. The molecule has 4 aromatic heterocycles. The molecule has 0 spiro atoms. The molecule has 4 heterocycles. The van der Waals surface area contributed by atoms with Crippen LogP contribution in [0.25, 0.3) is 88.3 Å². The van der Waals surface area contributed by atoms with Crippen LogP contribution in [0.5, 0.6) is 0 Å². The molecular weight excluding hydrogens is 512 g/mol. The van der Waals surface area contributed by atoms with Crippen LogP contribution in [0.3, 0.4) is 0 Å². The summed E-state index contributed by atoms with van der Waals surface area (Å²) in [6, 6.07) is 43.6. The summed E-state index contributed by atoms with van der Waals surface area (Å²) in [5, 5.41) is 6.18. The van der Waals surface area contributed by atoms with Gasteiger partial charge in [-0.25, -0.2) is 4.98 Å². The molecule has 0 N–H and O–H groups in total. The van der Waals surface area contributed by atoms with Crippen LogP contribution in [0.1, 0.15) is 0 Å². The van der Waals surface area contributed by atoms with Crippen molar-refractivity contribution in [2.45, 2.75) is 0 Å². The number of aromatic nitrogens is 4. The lowest BCUT2D eigenvalue weighted by Crippen LogP contribution is -1.98. The lowest BCUT2D eigenvalue weighted by Gasteiger charge is -2.11. The highest BCUT2D eigenvalue weighted by molar-refractivity contribution is 6.15. The quantitative estimate of drug-likeness (QED) is 0.221. The third-order valence-corrected chi connectivity index (χ3v) is 8.96. The molecule has 0 atom stereocenters. The third-order valence-electron chi connectivity index (χ3n) is 8.96. The van der Waals surface area contributed by atoms with Gasteiger partial charge in [-0.2, -0.15) is 0 Å². The number of benzene rings is 5. The van der Waals surface area contributed by atoms with Crippen LogP contribution < -0.4 is 0 Å². The molecule has 10 rings (SSSR count). The zero-order valence-corrected chi connectivity index (χ0v) is 22.5. The highest BCUT2D eigenvalue weighted by Crippen LogP contribution is 2.47. The van der Waals surface area contributed by atoms with Gasteiger partial charge in [-0.1, -0.05) is 66.7 Å². The second kappa shape index (κ2) is 7.93. The molecule has 0 unspecified atom stereocenters. The highest BCUT2D eigenvalue weighted by atomic mass is 15.1. The van der Waals surface area contributed by atoms with Gasteiger partial charge in [-0.05, 0) is 71.3 Å². The minimum atomic E-state index is 0.919. The van der Waals surface area contributed by atoms with E-state index in [0.29, 0.717) is 0 Å². The number of hydrogen-bond acceptors (Lipinski definition) is 2. The fourth-order valence-electron chi connectivity index (χ4n) is 7.21. The Kier molecular flexibility index (Phi) is 4.15. The summed E-state index contributed by atoms with van der Waals surface area (Å²) in [5.74, 6) is 0.919. The molecular formula is C38H22N4. The van der Waals surface area contributed by atoms with E-state index in [9.17, 15) is 0 Å². The molecule has 0 bridgehead atoms. The Morgan fingerprint density at radius 1 is 0.429 bits per heavy atom. The maximum atomic E-state index is 5.05. The largest absolute Gasteiger partial charge is 0.309 e. The number of nitrogens with zero attached hydrogens (tertiary/aromatic N) is 4. The van der Waals surface area contributed by atoms with Crippen LogP contribution in [0.4, 0.5) is 0 Å². The summed E-state index contributed by atoms with van der Waals surface area (Å²) in [7, 11) is 0. The van der Waals surface area contributed by atoms with Crippen molar-refractivity contribution in [3.05, 3.63) is 134 Å². The first-order valence-corrected chi connectivity index (χ1v) is 14.3. The molecule has 1 aliphatic carbocycles. The first-order valence-electron chi connectivity index (χ1n) is 14.3. The van der Waals surface area contributed by atoms with Crippen molar-refractivity contribution >= 4 is 54.5 Å². The van der Waals surface area contributed by atoms with Crippen LogP contribution in [-0.2, 0) is 0 Å². The van der Waals surface area contributed by atoms with Crippen LogP contribution in [0, 0.1) is 0 Å². The minimum absolute atomic E-state index is 0.919. The Bertz CT molecular complexity index is 2530. The highest BCUT2D eigenvalue weighted by Gasteiger charge is 2.24. The van der Waals surface area contributed by atoms with Gasteiger partial charge in [0.15, 0.2) is 0 Å². The minimum Gasteiger partial charge on any atom is -0.309 e. The first-order chi connectivity index (χ1) is 20.8. The van der Waals surface area contributed by atoms with Gasteiger partial charge in [-0.15, -0.1) is 0 Å². The molecule has 0 saturated heterocycles. The monoisotopic (exact) mass is 534 g/mol. The summed E-state index contributed by atoms with van der Waals surface area (Å²) in [6.45, 7) is 0. The molecule has 194 valence electrons. The predicted octanol–water partition coefficient (Wildman–Crippen LogP) is 9.47. The van der Waals surface area contributed by atoms with Crippen molar-refractivity contribution in [1.82, 2.24) is 19.1 Å². The molecule has 4 nitrogen and oxygen atoms in total. The molecule has 4 heteroatoms. The zero-order chi connectivity index (χ0) is 27.4. The SMILES string of the molecule is c1cc2c3c(ccnc3c1)-c1cc(-n3c4ccccc4c4cc(-n5c6ccccc6c6ccccc65)ccc43)ncc1-2. The Hall–Kier alpha value is -5.74. The van der Waals surface area contributed by atoms with E-state index in [1.54, 1.807) is 0 Å². The van der Waals surface area contributed by atoms with E-state index in [2.05, 4.69) is 135 Å². The number of hydrogen-bond donors (Lipinski definition) is 0. The van der Waals surface area contributed by atoms with Gasteiger partial charge < -0.3 is 4.57 Å². The van der Waals surface area contributed by atoms with Crippen molar-refractivity contribution in [2.24, 2.45) is 0 Å². The van der Waals surface area contributed by atoms with Gasteiger partial charge in [0.2, 0.25) is 0 Å². The zero-order valence-electron chi connectivity index (χ0n) is 22.5. The van der Waals surface area contributed by atoms with Gasteiger partial charge in [0, 0.05) is 50.6 Å². The van der Waals surface area contributed by atoms with Crippen LogP contribution in [0.15, 0.2) is 134 Å². The van der Waals surface area contributed by atoms with E-state index in [0.717, 1.165) is 28.1 Å². The third kappa shape index (κ3) is 2.76. The van der Waals surface area contributed by atoms with Crippen molar-refractivity contribution in [2.75, 3.05) is 0 Å². The summed E-state index contributed by atoms with van der Waals surface area (Å²) in [4.78, 5) is 9.67. The maximum Gasteiger partial charge on any atom is 0.138 e. The molecule has 1 aliphatic rings. The summed E-state index contributed by atoms with van der Waals surface area (Å²) >= 11 is 0. The van der Waals surface area contributed by atoms with Crippen molar-refractivity contribution in [1.29, 1.82) is 0 Å². The summed E-state index contributed by atoms with van der Waals surface area (Å²) in [6.07, 6.45) is 3.94. The fourth-order valence-corrected chi connectivity index (χ4v) is 7.21. The van der Waals surface area contributed by atoms with Gasteiger partial charge in [0.25, 0.3) is 0 Å². The molecule has 0 radical (unpaired) electrons. The van der Waals surface area contributed by atoms with Gasteiger partial charge >= 0.3 is 0 Å². The van der Waals surface area contributed by atoms with Crippen molar-refractivity contribution in [3.63, 3.8) is 0 Å². The van der Waals surface area contributed by atoms with E-state index < -0.39 is 0 Å². The van der Waals surface area contributed by atoms with E-state index >= 15 is 0 Å². The van der Waals surface area contributed by atoms with E-state index in [4.69, 9.17) is 4.98 Å². The smallest absolute Gasteiger partial charge is 0.138 e. The summed E-state index contributed by atoms with van der Waals surface area (Å²) in [5.41, 5.74) is 11.7. The predicted molar refractivity (Wildman–Crippen MR) is 173 cm³/mol. The van der Waals surface area contributed by atoms with Crippen molar-refractivity contribution < 1.29 is 0 Å². The lowest BCUT2D eigenvalue weighted by molar-refractivity contribution is 1.08. The van der Waals surface area contributed by atoms with Crippen LogP contribution in [0.2, 0.25) is 0 Å². The second-order valence-electron chi connectivity index (χ2n) is 11.1. The van der Waals surface area contributed by atoms with Gasteiger partial charge in [0.1, 0.15) is 5.82 Å². The van der Waals surface area contributed by atoms with Crippen LogP contribution >= 0.6 is 0 Å². The number of fused-ring (bicyclic) bond motifs is 9. The number of rotatable bonds is 2. The molecule has 42 heavy (non-hydrogen) atoms. The lowest BCUT2D eigenvalue weighted by atomic mass is 10.1. The molecule has 0 fully saturated rings. The summed E-state index contributed by atoms with van der Waals surface area (Å²) < 4.78 is 4.69. The Morgan fingerprint density at radius 3 is 1.83 bits per heavy atom. The Morgan fingerprint density at radius 2 is 1.07 bits per heavy atom. The number of pyridine rings is 2.